The molecule has 0 unspecified atom stereocenters. The Balaban J connectivity index is 1.34. The molecule has 0 radical (unpaired) electrons. The van der Waals surface area contributed by atoms with E-state index < -0.39 is 0 Å². The molecule has 1 aliphatic heterocycles. The first kappa shape index (κ1) is 17.9. The van der Waals surface area contributed by atoms with E-state index in [4.69, 9.17) is 0 Å². The predicted octanol–water partition coefficient (Wildman–Crippen LogP) is 4.29. The maximum atomic E-state index is 12.7. The third-order valence-corrected chi connectivity index (χ3v) is 6.01. The number of hydrogen-bond acceptors (Lipinski definition) is 3. The summed E-state index contributed by atoms with van der Waals surface area (Å²) in [5, 5.41) is 9.38. The van der Waals surface area contributed by atoms with E-state index in [1.807, 2.05) is 37.4 Å². The van der Waals surface area contributed by atoms with Crippen molar-refractivity contribution in [3.63, 3.8) is 0 Å². The van der Waals surface area contributed by atoms with Gasteiger partial charge in [-0.2, -0.15) is 5.10 Å². The number of nitrogens with zero attached hydrogens (tertiary/aromatic N) is 3. The molecule has 0 spiro atoms. The molecule has 29 heavy (non-hydrogen) atoms. The topological polar surface area (TPSA) is 66.0 Å². The molecule has 2 aromatic carbocycles. The molecule has 6 heteroatoms. The summed E-state index contributed by atoms with van der Waals surface area (Å²) in [7, 11) is 1.90. The van der Waals surface area contributed by atoms with Crippen molar-refractivity contribution in [2.75, 3.05) is 11.9 Å². The van der Waals surface area contributed by atoms with Gasteiger partial charge in [-0.15, -0.1) is 0 Å². The van der Waals surface area contributed by atoms with Crippen LogP contribution in [0.1, 0.15) is 35.8 Å². The van der Waals surface area contributed by atoms with E-state index in [1.165, 1.54) is 30.5 Å². The average molecular weight is 387 g/mol. The van der Waals surface area contributed by atoms with Crippen LogP contribution in [-0.2, 0) is 13.6 Å². The quantitative estimate of drug-likeness (QED) is 0.549. The predicted molar refractivity (Wildman–Crippen MR) is 116 cm³/mol. The highest BCUT2D eigenvalue weighted by Crippen LogP contribution is 2.24. The fourth-order valence-electron chi connectivity index (χ4n) is 4.30. The van der Waals surface area contributed by atoms with Gasteiger partial charge in [-0.25, -0.2) is 0 Å². The molecule has 0 bridgehead atoms. The standard InChI is InChI=1S/C23H25N5O/c1-15-4-3-9-28(15)14-20-11-16-5-7-19(12-21(16)25-20)26-23(29)17-6-8-22-18(10-17)13-24-27(22)2/h5-8,10-13,15,25H,3-4,9,14H2,1-2H3,(H,26,29)/t15-/m0/s1. The number of aromatic amines is 1. The molecule has 2 N–H and O–H groups in total. The number of fused-ring (bicyclic) bond motifs is 2. The van der Waals surface area contributed by atoms with E-state index in [9.17, 15) is 4.79 Å². The van der Waals surface area contributed by atoms with Crippen LogP contribution in [0.15, 0.2) is 48.7 Å². The highest BCUT2D eigenvalue weighted by atomic mass is 16.1. The summed E-state index contributed by atoms with van der Waals surface area (Å²) >= 11 is 0. The Labute approximate surface area is 169 Å². The Morgan fingerprint density at radius 1 is 1.21 bits per heavy atom. The van der Waals surface area contributed by atoms with Crippen molar-refractivity contribution in [1.29, 1.82) is 0 Å². The second kappa shape index (κ2) is 7.04. The Morgan fingerprint density at radius 2 is 2.10 bits per heavy atom. The lowest BCUT2D eigenvalue weighted by atomic mass is 10.1. The number of nitrogens with one attached hydrogen (secondary N) is 2. The lowest BCUT2D eigenvalue weighted by molar-refractivity contribution is 0.102. The number of rotatable bonds is 4. The minimum Gasteiger partial charge on any atom is -0.357 e. The zero-order valence-corrected chi connectivity index (χ0v) is 16.8. The maximum absolute atomic E-state index is 12.7. The third-order valence-electron chi connectivity index (χ3n) is 6.01. The van der Waals surface area contributed by atoms with Crippen LogP contribution < -0.4 is 5.32 Å². The van der Waals surface area contributed by atoms with Crippen LogP contribution in [0.2, 0.25) is 0 Å². The molecule has 1 atom stereocenters. The summed E-state index contributed by atoms with van der Waals surface area (Å²) in [6.45, 7) is 4.41. The summed E-state index contributed by atoms with van der Waals surface area (Å²) in [6.07, 6.45) is 4.34. The largest absolute Gasteiger partial charge is 0.357 e. The Kier molecular flexibility index (Phi) is 4.36. The van der Waals surface area contributed by atoms with Gasteiger partial charge in [0, 0.05) is 47.5 Å². The number of benzene rings is 2. The van der Waals surface area contributed by atoms with E-state index >= 15 is 0 Å². The van der Waals surface area contributed by atoms with Crippen molar-refractivity contribution < 1.29 is 4.79 Å². The molecule has 1 saturated heterocycles. The minimum absolute atomic E-state index is 0.118. The number of carbonyl (C=O) groups excluding carboxylic acids is 1. The Hall–Kier alpha value is -3.12. The summed E-state index contributed by atoms with van der Waals surface area (Å²) < 4.78 is 1.80. The van der Waals surface area contributed by atoms with Crippen molar-refractivity contribution in [3.8, 4) is 0 Å². The number of hydrogen-bond donors (Lipinski definition) is 2. The highest BCUT2D eigenvalue weighted by molar-refractivity contribution is 6.06. The van der Waals surface area contributed by atoms with Crippen LogP contribution in [0.3, 0.4) is 0 Å². The number of aromatic nitrogens is 3. The van der Waals surface area contributed by atoms with E-state index in [1.54, 1.807) is 10.9 Å². The van der Waals surface area contributed by atoms with Crippen molar-refractivity contribution in [2.24, 2.45) is 7.05 Å². The van der Waals surface area contributed by atoms with Gasteiger partial charge in [0.25, 0.3) is 5.91 Å². The first-order valence-electron chi connectivity index (χ1n) is 10.2. The lowest BCUT2D eigenvalue weighted by Gasteiger charge is -2.19. The van der Waals surface area contributed by atoms with Crippen LogP contribution in [0, 0.1) is 0 Å². The van der Waals surface area contributed by atoms with Gasteiger partial charge in [0.2, 0.25) is 0 Å². The normalized spacial score (nSPS) is 17.4. The first-order chi connectivity index (χ1) is 14.1. The number of anilines is 1. The maximum Gasteiger partial charge on any atom is 0.255 e. The molecular formula is C23H25N5O. The van der Waals surface area contributed by atoms with Crippen molar-refractivity contribution in [1.82, 2.24) is 19.7 Å². The van der Waals surface area contributed by atoms with Gasteiger partial charge in [-0.05, 0) is 68.1 Å². The van der Waals surface area contributed by atoms with Gasteiger partial charge in [0.15, 0.2) is 0 Å². The van der Waals surface area contributed by atoms with Crippen LogP contribution in [0.4, 0.5) is 5.69 Å². The van der Waals surface area contributed by atoms with Gasteiger partial charge in [-0.1, -0.05) is 6.07 Å². The van der Waals surface area contributed by atoms with Crippen LogP contribution in [0.5, 0.6) is 0 Å². The molecular weight excluding hydrogens is 362 g/mol. The van der Waals surface area contributed by atoms with Crippen LogP contribution in [-0.4, -0.2) is 38.2 Å². The zero-order chi connectivity index (χ0) is 20.0. The number of amides is 1. The minimum atomic E-state index is -0.118. The average Bonchev–Trinajstić information content (AvgIpc) is 3.41. The summed E-state index contributed by atoms with van der Waals surface area (Å²) in [5.74, 6) is -0.118. The number of H-pyrrole nitrogens is 1. The monoisotopic (exact) mass is 387 g/mol. The molecule has 1 amide bonds. The van der Waals surface area contributed by atoms with Gasteiger partial charge >= 0.3 is 0 Å². The van der Waals surface area contributed by atoms with E-state index in [-0.39, 0.29) is 5.91 Å². The highest BCUT2D eigenvalue weighted by Gasteiger charge is 2.20. The molecule has 0 saturated carbocycles. The smallest absolute Gasteiger partial charge is 0.255 e. The molecule has 4 aromatic rings. The Morgan fingerprint density at radius 3 is 2.93 bits per heavy atom. The number of likely N-dealkylation sites (tertiary alicyclic amines) is 1. The van der Waals surface area contributed by atoms with Crippen molar-refractivity contribution in [3.05, 3.63) is 59.9 Å². The van der Waals surface area contributed by atoms with E-state index in [2.05, 4.69) is 39.4 Å². The van der Waals surface area contributed by atoms with Gasteiger partial charge in [-0.3, -0.25) is 14.4 Å². The lowest BCUT2D eigenvalue weighted by Crippen LogP contribution is -2.26. The summed E-state index contributed by atoms with van der Waals surface area (Å²) in [5.41, 5.74) is 4.69. The molecule has 0 aliphatic carbocycles. The molecule has 1 fully saturated rings. The van der Waals surface area contributed by atoms with E-state index in [0.717, 1.165) is 28.7 Å². The van der Waals surface area contributed by atoms with Crippen molar-refractivity contribution >= 4 is 33.4 Å². The first-order valence-corrected chi connectivity index (χ1v) is 10.2. The van der Waals surface area contributed by atoms with Gasteiger partial charge in [0.1, 0.15) is 0 Å². The zero-order valence-electron chi connectivity index (χ0n) is 16.8. The fraction of sp³-hybridized carbons (Fsp3) is 0.304. The second-order valence-corrected chi connectivity index (χ2v) is 8.05. The molecule has 2 aromatic heterocycles. The number of aryl methyl sites for hydroxylation is 1. The molecule has 3 heterocycles. The van der Waals surface area contributed by atoms with E-state index in [0.29, 0.717) is 11.6 Å². The number of carbonyl (C=O) groups is 1. The SMILES string of the molecule is C[C@H]1CCCN1Cc1cc2ccc(NC(=O)c3ccc4c(cnn4C)c3)cc2[nH]1. The molecule has 1 aliphatic rings. The van der Waals surface area contributed by atoms with Crippen LogP contribution in [0.25, 0.3) is 21.8 Å². The summed E-state index contributed by atoms with van der Waals surface area (Å²) in [4.78, 5) is 18.8. The Bertz CT molecular complexity index is 1200. The molecule has 5 rings (SSSR count). The molecule has 6 nitrogen and oxygen atoms in total. The molecule has 148 valence electrons. The third kappa shape index (κ3) is 3.40. The summed E-state index contributed by atoms with van der Waals surface area (Å²) in [6, 6.07) is 14.5. The van der Waals surface area contributed by atoms with Gasteiger partial charge < -0.3 is 10.3 Å². The fourth-order valence-corrected chi connectivity index (χ4v) is 4.30. The van der Waals surface area contributed by atoms with Gasteiger partial charge in [0.05, 0.1) is 11.7 Å². The van der Waals surface area contributed by atoms with Crippen LogP contribution >= 0.6 is 0 Å². The van der Waals surface area contributed by atoms with Crippen molar-refractivity contribution in [2.45, 2.75) is 32.4 Å². The second-order valence-electron chi connectivity index (χ2n) is 8.05.